The van der Waals surface area contributed by atoms with E-state index in [0.29, 0.717) is 31.6 Å². The van der Waals surface area contributed by atoms with Crippen LogP contribution in [0.3, 0.4) is 0 Å². The van der Waals surface area contributed by atoms with Crippen molar-refractivity contribution < 1.29 is 23.8 Å². The van der Waals surface area contributed by atoms with Crippen LogP contribution in [0, 0.1) is 5.41 Å². The molecule has 0 radical (unpaired) electrons. The van der Waals surface area contributed by atoms with Crippen LogP contribution in [0.5, 0.6) is 5.88 Å². The summed E-state index contributed by atoms with van der Waals surface area (Å²) < 4.78 is 24.9. The Balaban J connectivity index is 1.76. The number of aromatic nitrogens is 1. The monoisotopic (exact) mass is 477 g/mol. The lowest BCUT2D eigenvalue weighted by molar-refractivity contribution is -0.126. The quantitative estimate of drug-likeness (QED) is 0.447. The third kappa shape index (κ3) is 6.99. The summed E-state index contributed by atoms with van der Waals surface area (Å²) in [5, 5.41) is 17.2. The van der Waals surface area contributed by atoms with E-state index in [1.165, 1.54) is 7.11 Å². The van der Waals surface area contributed by atoms with E-state index in [1.54, 1.807) is 0 Å². The number of aliphatic hydroxyl groups is 1. The summed E-state index contributed by atoms with van der Waals surface area (Å²) >= 11 is 0. The van der Waals surface area contributed by atoms with Gasteiger partial charge in [0.05, 0.1) is 12.1 Å². The first-order chi connectivity index (χ1) is 16.0. The number of amides is 1. The Kier molecular flexibility index (Phi) is 8.71. The Morgan fingerprint density at radius 2 is 2.15 bits per heavy atom. The van der Waals surface area contributed by atoms with Crippen LogP contribution in [-0.4, -0.2) is 60.2 Å². The summed E-state index contributed by atoms with van der Waals surface area (Å²) in [6, 6.07) is 1.53. The maximum absolute atomic E-state index is 13.8. The van der Waals surface area contributed by atoms with Crippen molar-refractivity contribution in [2.45, 2.75) is 89.8 Å². The second-order valence-electron chi connectivity index (χ2n) is 10.9. The second kappa shape index (κ2) is 11.1. The Bertz CT molecular complexity index is 864. The van der Waals surface area contributed by atoms with Crippen molar-refractivity contribution in [2.75, 3.05) is 20.3 Å². The highest BCUT2D eigenvalue weighted by Crippen LogP contribution is 2.49. The number of carbonyl (C=O) groups is 1. The number of allylic oxidation sites excluding steroid dienone is 1. The molecule has 190 valence electrons. The molecule has 0 bridgehead atoms. The van der Waals surface area contributed by atoms with Gasteiger partial charge in [0.2, 0.25) is 11.8 Å². The van der Waals surface area contributed by atoms with E-state index in [9.17, 15) is 14.3 Å². The normalized spacial score (nSPS) is 26.0. The molecule has 1 aromatic heterocycles. The summed E-state index contributed by atoms with van der Waals surface area (Å²) in [7, 11) is 1.46. The standard InChI is InChI=1S/C26H40FN3O4/c1-6-7-8-20(30-23(32)16-33-5)22(31)15-28-21-13-26(11-18(27)12-26)34-24-19(21)9-17(14-29-24)10-25(2,3)4/h6-7,9,14,18,20-22,28,31H,8,10-13,15-16H2,1-5H3,(H,30,32)/t18-,20-,21-,22+,26+/m0/s1. The van der Waals surface area contributed by atoms with Gasteiger partial charge in [-0.25, -0.2) is 9.37 Å². The lowest BCUT2D eigenvalue weighted by Gasteiger charge is -2.49. The number of nitrogens with zero attached hydrogens (tertiary/aromatic N) is 1. The number of carbonyl (C=O) groups excluding carboxylic acids is 1. The fraction of sp³-hybridized carbons (Fsp3) is 0.692. The summed E-state index contributed by atoms with van der Waals surface area (Å²) in [5.74, 6) is 0.271. The van der Waals surface area contributed by atoms with E-state index >= 15 is 0 Å². The van der Waals surface area contributed by atoms with Gasteiger partial charge in [-0.1, -0.05) is 32.9 Å². The molecule has 2 aliphatic rings. The topological polar surface area (TPSA) is 92.7 Å². The van der Waals surface area contributed by atoms with Crippen molar-refractivity contribution in [1.29, 1.82) is 0 Å². The number of rotatable bonds is 10. The van der Waals surface area contributed by atoms with Gasteiger partial charge in [-0.3, -0.25) is 4.79 Å². The summed E-state index contributed by atoms with van der Waals surface area (Å²) in [6.07, 6.45) is 6.68. The molecular weight excluding hydrogens is 437 g/mol. The first-order valence-electron chi connectivity index (χ1n) is 12.2. The highest BCUT2D eigenvalue weighted by Gasteiger charge is 2.51. The maximum atomic E-state index is 13.8. The lowest BCUT2D eigenvalue weighted by Crippen LogP contribution is -2.55. The Labute approximate surface area is 202 Å². The molecule has 3 atom stereocenters. The molecule has 1 saturated carbocycles. The number of fused-ring (bicyclic) bond motifs is 1. The number of methoxy groups -OCH3 is 1. The van der Waals surface area contributed by atoms with Gasteiger partial charge in [0.15, 0.2) is 0 Å². The molecule has 1 spiro atoms. The molecule has 8 heteroatoms. The largest absolute Gasteiger partial charge is 0.471 e. The average Bonchev–Trinajstić information content (AvgIpc) is 2.73. The lowest BCUT2D eigenvalue weighted by atomic mass is 9.72. The molecule has 2 heterocycles. The van der Waals surface area contributed by atoms with Gasteiger partial charge in [0.25, 0.3) is 0 Å². The molecule has 1 fully saturated rings. The second-order valence-corrected chi connectivity index (χ2v) is 10.9. The highest BCUT2D eigenvalue weighted by molar-refractivity contribution is 5.77. The number of ether oxygens (including phenoxy) is 2. The Morgan fingerprint density at radius 1 is 1.41 bits per heavy atom. The fourth-order valence-corrected chi connectivity index (χ4v) is 4.85. The molecule has 1 aromatic rings. The van der Waals surface area contributed by atoms with Crippen molar-refractivity contribution in [3.8, 4) is 5.88 Å². The number of pyridine rings is 1. The molecule has 1 aliphatic heterocycles. The van der Waals surface area contributed by atoms with Crippen molar-refractivity contribution in [3.05, 3.63) is 35.5 Å². The first kappa shape index (κ1) is 26.6. The average molecular weight is 478 g/mol. The van der Waals surface area contributed by atoms with E-state index in [2.05, 4.69) is 42.5 Å². The molecule has 3 N–H and O–H groups in total. The number of aliphatic hydroxyl groups excluding tert-OH is 1. The van der Waals surface area contributed by atoms with Gasteiger partial charge in [0, 0.05) is 50.7 Å². The molecule has 1 aliphatic carbocycles. The zero-order valence-electron chi connectivity index (χ0n) is 21.1. The van der Waals surface area contributed by atoms with Gasteiger partial charge in [-0.05, 0) is 36.8 Å². The fourth-order valence-electron chi connectivity index (χ4n) is 4.85. The number of nitrogens with one attached hydrogen (secondary N) is 2. The molecule has 3 rings (SSSR count). The number of halogens is 1. The van der Waals surface area contributed by atoms with Crippen molar-refractivity contribution in [1.82, 2.24) is 15.6 Å². The van der Waals surface area contributed by atoms with Gasteiger partial charge in [-0.15, -0.1) is 0 Å². The van der Waals surface area contributed by atoms with Gasteiger partial charge in [-0.2, -0.15) is 0 Å². The number of hydrogen-bond acceptors (Lipinski definition) is 6. The third-order valence-corrected chi connectivity index (χ3v) is 6.41. The van der Waals surface area contributed by atoms with Crippen LogP contribution < -0.4 is 15.4 Å². The van der Waals surface area contributed by atoms with Crippen LogP contribution >= 0.6 is 0 Å². The summed E-state index contributed by atoms with van der Waals surface area (Å²) in [4.78, 5) is 16.6. The van der Waals surface area contributed by atoms with Crippen LogP contribution in [0.15, 0.2) is 24.4 Å². The van der Waals surface area contributed by atoms with Gasteiger partial charge < -0.3 is 25.2 Å². The molecular formula is C26H40FN3O4. The zero-order valence-corrected chi connectivity index (χ0v) is 21.1. The highest BCUT2D eigenvalue weighted by atomic mass is 19.1. The van der Waals surface area contributed by atoms with Gasteiger partial charge >= 0.3 is 0 Å². The zero-order chi connectivity index (χ0) is 24.9. The van der Waals surface area contributed by atoms with Crippen molar-refractivity contribution >= 4 is 5.91 Å². The summed E-state index contributed by atoms with van der Waals surface area (Å²) in [6.45, 7) is 8.65. The van der Waals surface area contributed by atoms with E-state index < -0.39 is 23.9 Å². The summed E-state index contributed by atoms with van der Waals surface area (Å²) in [5.41, 5.74) is 1.62. The molecule has 0 aromatic carbocycles. The minimum absolute atomic E-state index is 0.0605. The van der Waals surface area contributed by atoms with Crippen LogP contribution in [0.25, 0.3) is 0 Å². The van der Waals surface area contributed by atoms with Crippen LogP contribution in [0.2, 0.25) is 0 Å². The van der Waals surface area contributed by atoms with Crippen LogP contribution in [0.1, 0.15) is 70.5 Å². The molecule has 0 saturated heterocycles. The third-order valence-electron chi connectivity index (χ3n) is 6.41. The number of hydrogen-bond donors (Lipinski definition) is 3. The maximum Gasteiger partial charge on any atom is 0.246 e. The van der Waals surface area contributed by atoms with E-state index in [1.807, 2.05) is 25.3 Å². The smallest absolute Gasteiger partial charge is 0.246 e. The minimum Gasteiger partial charge on any atom is -0.471 e. The van der Waals surface area contributed by atoms with Gasteiger partial charge in [0.1, 0.15) is 18.4 Å². The van der Waals surface area contributed by atoms with Crippen molar-refractivity contribution in [3.63, 3.8) is 0 Å². The Hall–Kier alpha value is -2.03. The first-order valence-corrected chi connectivity index (χ1v) is 12.2. The Morgan fingerprint density at radius 3 is 2.76 bits per heavy atom. The van der Waals surface area contributed by atoms with E-state index in [0.717, 1.165) is 17.5 Å². The van der Waals surface area contributed by atoms with Crippen LogP contribution in [-0.2, 0) is 16.0 Å². The number of alkyl halides is 1. The molecule has 0 unspecified atom stereocenters. The SMILES string of the molecule is CC=CC[C@H](NC(=O)COC)[C@H](O)CN[C@H]1C[C@]2(C[C@H](F)C2)Oc2ncc(CC(C)(C)C)cc21. The molecule has 1 amide bonds. The molecule has 34 heavy (non-hydrogen) atoms. The predicted octanol–water partition coefficient (Wildman–Crippen LogP) is 3.41. The van der Waals surface area contributed by atoms with E-state index in [4.69, 9.17) is 9.47 Å². The van der Waals surface area contributed by atoms with Crippen molar-refractivity contribution in [2.24, 2.45) is 5.41 Å². The van der Waals surface area contributed by atoms with E-state index in [-0.39, 0.29) is 30.5 Å². The predicted molar refractivity (Wildman–Crippen MR) is 129 cm³/mol. The van der Waals surface area contributed by atoms with Crippen LogP contribution in [0.4, 0.5) is 4.39 Å². The minimum atomic E-state index is -0.853. The molecule has 7 nitrogen and oxygen atoms in total.